The van der Waals surface area contributed by atoms with Crippen LogP contribution in [0.3, 0.4) is 0 Å². The molecule has 0 bridgehead atoms. The molecule has 2 aromatic heterocycles. The Morgan fingerprint density at radius 3 is 2.41 bits per heavy atom. The number of rotatable bonds is 6. The van der Waals surface area contributed by atoms with E-state index in [0.717, 1.165) is 5.52 Å². The minimum atomic E-state index is -0.627. The van der Waals surface area contributed by atoms with E-state index in [1.165, 1.54) is 0 Å². The number of para-hydroxylation sites is 2. The highest BCUT2D eigenvalue weighted by molar-refractivity contribution is 5.99. The number of nitrogens with zero attached hydrogens (tertiary/aromatic N) is 4. The Labute approximate surface area is 184 Å². The Kier molecular flexibility index (Phi) is 6.96. The first-order chi connectivity index (χ1) is 15.4. The molecule has 10 nitrogen and oxygen atoms in total. The number of aromatic nitrogens is 4. The summed E-state index contributed by atoms with van der Waals surface area (Å²) in [5.74, 6) is 0.0271. The molecule has 1 atom stereocenters. The summed E-state index contributed by atoms with van der Waals surface area (Å²) in [4.78, 5) is 29.2. The summed E-state index contributed by atoms with van der Waals surface area (Å²) in [6.07, 6.45) is 0. The third-order valence-corrected chi connectivity index (χ3v) is 4.57. The van der Waals surface area contributed by atoms with E-state index in [2.05, 4.69) is 20.6 Å². The van der Waals surface area contributed by atoms with Crippen molar-refractivity contribution in [2.24, 2.45) is 5.73 Å². The van der Waals surface area contributed by atoms with Crippen molar-refractivity contribution in [3.63, 3.8) is 0 Å². The minimum absolute atomic E-state index is 0.00763. The van der Waals surface area contributed by atoms with E-state index in [1.54, 1.807) is 35.8 Å². The van der Waals surface area contributed by atoms with E-state index < -0.39 is 6.04 Å². The van der Waals surface area contributed by atoms with Gasteiger partial charge < -0.3 is 21.4 Å². The van der Waals surface area contributed by atoms with Gasteiger partial charge >= 0.3 is 0 Å². The van der Waals surface area contributed by atoms with Gasteiger partial charge in [0.05, 0.1) is 23.6 Å². The molecule has 2 heterocycles. The molecule has 0 fully saturated rings. The molecule has 1 unspecified atom stereocenters. The molecule has 2 aromatic carbocycles. The Morgan fingerprint density at radius 2 is 1.78 bits per heavy atom. The summed E-state index contributed by atoms with van der Waals surface area (Å²) in [6, 6.07) is 13.4. The molecule has 32 heavy (non-hydrogen) atoms. The number of amides is 1. The molecule has 0 radical (unpaired) electrons. The first-order valence-electron chi connectivity index (χ1n) is 10.2. The maximum Gasteiger partial charge on any atom is 0.240 e. The average molecular weight is 435 g/mol. The molecule has 166 valence electrons. The molecular weight excluding hydrogens is 410 g/mol. The fraction of sp³-hybridized carbons (Fsp3) is 0.227. The number of ketones is 1. The number of imidazole rings is 1. The number of hydrogen-bond donors (Lipinski definition) is 3. The van der Waals surface area contributed by atoms with Crippen LogP contribution < -0.4 is 16.8 Å². The molecule has 0 saturated carbocycles. The van der Waals surface area contributed by atoms with Crippen molar-refractivity contribution < 1.29 is 14.2 Å². The monoisotopic (exact) mass is 435 g/mol. The van der Waals surface area contributed by atoms with Crippen molar-refractivity contribution in [3.8, 4) is 11.5 Å². The van der Waals surface area contributed by atoms with E-state index in [0.29, 0.717) is 22.6 Å². The maximum absolute atomic E-state index is 13.0. The predicted molar refractivity (Wildman–Crippen MR) is 122 cm³/mol. The van der Waals surface area contributed by atoms with Gasteiger partial charge in [-0.15, -0.1) is 0 Å². The van der Waals surface area contributed by atoms with Crippen LogP contribution in [-0.2, 0) is 11.3 Å². The van der Waals surface area contributed by atoms with E-state index in [4.69, 9.17) is 16.1 Å². The molecule has 0 saturated heterocycles. The smallest absolute Gasteiger partial charge is 0.240 e. The zero-order chi connectivity index (χ0) is 23.3. The van der Waals surface area contributed by atoms with E-state index in [1.807, 2.05) is 38.1 Å². The van der Waals surface area contributed by atoms with E-state index >= 15 is 0 Å². The van der Waals surface area contributed by atoms with Crippen LogP contribution in [0, 0.1) is 0 Å². The van der Waals surface area contributed by atoms with Crippen LogP contribution >= 0.6 is 0 Å². The second-order valence-electron chi connectivity index (χ2n) is 6.79. The van der Waals surface area contributed by atoms with E-state index in [9.17, 15) is 9.59 Å². The first-order valence-corrected chi connectivity index (χ1v) is 10.2. The largest absolute Gasteiger partial charge is 0.379 e. The van der Waals surface area contributed by atoms with Gasteiger partial charge in [0.1, 0.15) is 0 Å². The lowest BCUT2D eigenvalue weighted by atomic mass is 10.1. The topological polar surface area (TPSA) is 155 Å². The minimum Gasteiger partial charge on any atom is -0.379 e. The lowest BCUT2D eigenvalue weighted by Gasteiger charge is -2.10. The van der Waals surface area contributed by atoms with Gasteiger partial charge in [-0.1, -0.05) is 26.0 Å². The number of fused-ring (bicyclic) bond motifs is 1. The number of carbonyl (C=O) groups is 2. The van der Waals surface area contributed by atoms with Gasteiger partial charge in [0.2, 0.25) is 5.91 Å². The van der Waals surface area contributed by atoms with Gasteiger partial charge in [0.15, 0.2) is 23.1 Å². The Hall–Kier alpha value is -4.05. The summed E-state index contributed by atoms with van der Waals surface area (Å²) < 4.78 is 6.42. The molecule has 4 aromatic rings. The molecular formula is C22H25N7O3. The third-order valence-electron chi connectivity index (χ3n) is 4.57. The van der Waals surface area contributed by atoms with Crippen molar-refractivity contribution in [2.45, 2.75) is 33.4 Å². The molecule has 0 aliphatic rings. The van der Waals surface area contributed by atoms with Crippen molar-refractivity contribution in [1.82, 2.24) is 19.9 Å². The number of anilines is 2. The number of nitrogens with two attached hydrogens (primary N) is 2. The number of Topliss-reactive ketones (excluding diaryl/α,β-unsaturated/α-hetero) is 1. The standard InChI is InChI=1S/C20H19N7O3.C2H6/c1-11(21)20(29)23-13-8-6-12(7-9-13)16(28)10-27-15-5-3-2-4-14(15)24-19(27)17-18(22)26-30-25-17;1-2/h2-9,11H,10,21H2,1H3,(H2,22,26)(H,23,29);1-2H3. The van der Waals surface area contributed by atoms with Gasteiger partial charge in [-0.05, 0) is 53.6 Å². The van der Waals surface area contributed by atoms with Crippen molar-refractivity contribution >= 4 is 34.2 Å². The second-order valence-corrected chi connectivity index (χ2v) is 6.79. The molecule has 0 aliphatic heterocycles. The number of benzene rings is 2. The quantitative estimate of drug-likeness (QED) is 0.390. The van der Waals surface area contributed by atoms with Gasteiger partial charge in [-0.25, -0.2) is 9.61 Å². The maximum atomic E-state index is 13.0. The first kappa shape index (κ1) is 22.6. The van der Waals surface area contributed by atoms with Crippen molar-refractivity contribution in [2.75, 3.05) is 11.1 Å². The number of nitrogens with one attached hydrogen (secondary N) is 1. The number of nitrogen functional groups attached to an aromatic ring is 1. The van der Waals surface area contributed by atoms with Gasteiger partial charge in [0, 0.05) is 11.3 Å². The molecule has 4 rings (SSSR count). The lowest BCUT2D eigenvalue weighted by Crippen LogP contribution is -2.32. The van der Waals surface area contributed by atoms with Crippen molar-refractivity contribution in [1.29, 1.82) is 0 Å². The van der Waals surface area contributed by atoms with Crippen LogP contribution in [0.15, 0.2) is 53.2 Å². The Morgan fingerprint density at radius 1 is 1.09 bits per heavy atom. The highest BCUT2D eigenvalue weighted by Crippen LogP contribution is 2.27. The molecule has 10 heteroatoms. The number of hydrogen-bond acceptors (Lipinski definition) is 8. The van der Waals surface area contributed by atoms with Crippen molar-refractivity contribution in [3.05, 3.63) is 54.1 Å². The predicted octanol–water partition coefficient (Wildman–Crippen LogP) is 2.86. The SMILES string of the molecule is CC.CC(N)C(=O)Nc1ccc(C(=O)Cn2c(-c3nonc3N)nc3ccccc32)cc1. The normalized spacial score (nSPS) is 11.5. The summed E-state index contributed by atoms with van der Waals surface area (Å²) in [5.41, 5.74) is 14.1. The molecule has 0 aliphatic carbocycles. The molecule has 1 amide bonds. The number of carbonyl (C=O) groups excluding carboxylic acids is 2. The van der Waals surface area contributed by atoms with Gasteiger partial charge in [0.25, 0.3) is 0 Å². The Balaban J connectivity index is 0.00000141. The highest BCUT2D eigenvalue weighted by atomic mass is 16.6. The molecule has 5 N–H and O–H groups in total. The second kappa shape index (κ2) is 9.84. The van der Waals surface area contributed by atoms with Crippen LogP contribution in [0.2, 0.25) is 0 Å². The van der Waals surface area contributed by atoms with Gasteiger partial charge in [-0.3, -0.25) is 9.59 Å². The molecule has 0 spiro atoms. The van der Waals surface area contributed by atoms with Crippen LogP contribution in [0.1, 0.15) is 31.1 Å². The third kappa shape index (κ3) is 4.65. The lowest BCUT2D eigenvalue weighted by molar-refractivity contribution is -0.117. The van der Waals surface area contributed by atoms with Gasteiger partial charge in [-0.2, -0.15) is 0 Å². The fourth-order valence-electron chi connectivity index (χ4n) is 3.00. The van der Waals surface area contributed by atoms with Crippen LogP contribution in [0.4, 0.5) is 11.5 Å². The van der Waals surface area contributed by atoms with Crippen LogP contribution in [0.5, 0.6) is 0 Å². The zero-order valence-corrected chi connectivity index (χ0v) is 18.1. The highest BCUT2D eigenvalue weighted by Gasteiger charge is 2.21. The Bertz CT molecular complexity index is 1230. The summed E-state index contributed by atoms with van der Waals surface area (Å²) in [6.45, 7) is 5.60. The summed E-state index contributed by atoms with van der Waals surface area (Å²) in [7, 11) is 0. The summed E-state index contributed by atoms with van der Waals surface area (Å²) >= 11 is 0. The summed E-state index contributed by atoms with van der Waals surface area (Å²) in [5, 5.41) is 10.1. The van der Waals surface area contributed by atoms with Crippen LogP contribution in [0.25, 0.3) is 22.6 Å². The fourth-order valence-corrected chi connectivity index (χ4v) is 3.00. The van der Waals surface area contributed by atoms with E-state index in [-0.39, 0.29) is 29.7 Å². The average Bonchev–Trinajstić information content (AvgIpc) is 3.38. The van der Waals surface area contributed by atoms with Crippen LogP contribution in [-0.4, -0.2) is 37.6 Å². The zero-order valence-electron chi connectivity index (χ0n) is 18.1.